The Hall–Kier alpha value is -2.79. The van der Waals surface area contributed by atoms with E-state index in [1.165, 1.54) is 0 Å². The normalized spacial score (nSPS) is 10.7. The van der Waals surface area contributed by atoms with Gasteiger partial charge in [0, 0.05) is 12.1 Å². The standard InChI is InChI=1S/C18H15ClN2O3/c19-17-15(10-16(23)24)21(11-12-5-2-1-3-6-12)18(20-17)13-7-4-8-14(22)9-13/h1-9,22H,10-11H2,(H,23,24). The molecule has 0 radical (unpaired) electrons. The molecule has 0 unspecified atom stereocenters. The first-order valence-corrected chi connectivity index (χ1v) is 7.72. The number of aliphatic carboxylic acids is 1. The molecule has 0 bridgehead atoms. The van der Waals surface area contributed by atoms with E-state index in [-0.39, 0.29) is 17.3 Å². The molecule has 1 heterocycles. The summed E-state index contributed by atoms with van der Waals surface area (Å²) in [6.45, 7) is 0.439. The fourth-order valence-electron chi connectivity index (χ4n) is 2.57. The third kappa shape index (κ3) is 3.41. The molecule has 0 amide bonds. The third-order valence-electron chi connectivity index (χ3n) is 3.63. The molecule has 5 nitrogen and oxygen atoms in total. The van der Waals surface area contributed by atoms with Crippen molar-refractivity contribution in [3.63, 3.8) is 0 Å². The number of hydrogen-bond acceptors (Lipinski definition) is 3. The van der Waals surface area contributed by atoms with Crippen LogP contribution in [0.25, 0.3) is 11.4 Å². The van der Waals surface area contributed by atoms with Crippen molar-refractivity contribution in [3.05, 3.63) is 71.0 Å². The molecule has 2 N–H and O–H groups in total. The van der Waals surface area contributed by atoms with Gasteiger partial charge in [0.15, 0.2) is 5.15 Å². The van der Waals surface area contributed by atoms with Crippen LogP contribution in [0.1, 0.15) is 11.3 Å². The van der Waals surface area contributed by atoms with Gasteiger partial charge in [-0.25, -0.2) is 4.98 Å². The summed E-state index contributed by atoms with van der Waals surface area (Å²) in [6, 6.07) is 16.3. The molecule has 24 heavy (non-hydrogen) atoms. The van der Waals surface area contributed by atoms with E-state index < -0.39 is 5.97 Å². The lowest BCUT2D eigenvalue weighted by Gasteiger charge is -2.12. The Balaban J connectivity index is 2.12. The molecule has 3 aromatic rings. The predicted octanol–water partition coefficient (Wildman–Crippen LogP) is 3.58. The maximum absolute atomic E-state index is 11.2. The number of rotatable bonds is 5. The number of aromatic nitrogens is 2. The zero-order valence-electron chi connectivity index (χ0n) is 12.7. The molecule has 0 saturated carbocycles. The molecule has 6 heteroatoms. The van der Waals surface area contributed by atoms with E-state index in [1.807, 2.05) is 30.3 Å². The fraction of sp³-hybridized carbons (Fsp3) is 0.111. The molecule has 0 fully saturated rings. The van der Waals surface area contributed by atoms with Gasteiger partial charge in [0.25, 0.3) is 0 Å². The van der Waals surface area contributed by atoms with Crippen LogP contribution in [0.4, 0.5) is 0 Å². The number of imidazole rings is 1. The average Bonchev–Trinajstić information content (AvgIpc) is 2.85. The van der Waals surface area contributed by atoms with Gasteiger partial charge in [-0.3, -0.25) is 4.79 Å². The van der Waals surface area contributed by atoms with E-state index in [9.17, 15) is 9.90 Å². The highest BCUT2D eigenvalue weighted by molar-refractivity contribution is 6.30. The Morgan fingerprint density at radius 2 is 1.88 bits per heavy atom. The van der Waals surface area contributed by atoms with Crippen molar-refractivity contribution < 1.29 is 15.0 Å². The van der Waals surface area contributed by atoms with Crippen molar-refractivity contribution in [2.24, 2.45) is 0 Å². The summed E-state index contributed by atoms with van der Waals surface area (Å²) in [5.74, 6) is -0.345. The van der Waals surface area contributed by atoms with Crippen molar-refractivity contribution in [1.29, 1.82) is 0 Å². The Kier molecular flexibility index (Phi) is 4.53. The third-order valence-corrected chi connectivity index (χ3v) is 3.93. The van der Waals surface area contributed by atoms with Crippen LogP contribution < -0.4 is 0 Å². The van der Waals surface area contributed by atoms with Crippen LogP contribution >= 0.6 is 11.6 Å². The number of halogens is 1. The summed E-state index contributed by atoms with van der Waals surface area (Å²) in [4.78, 5) is 15.5. The first-order chi connectivity index (χ1) is 11.5. The summed E-state index contributed by atoms with van der Waals surface area (Å²) in [7, 11) is 0. The number of carbonyl (C=O) groups is 1. The van der Waals surface area contributed by atoms with E-state index in [1.54, 1.807) is 28.8 Å². The number of carboxylic acid groups (broad SMARTS) is 1. The maximum atomic E-state index is 11.2. The van der Waals surface area contributed by atoms with Gasteiger partial charge in [-0.1, -0.05) is 54.1 Å². The van der Waals surface area contributed by atoms with Crippen LogP contribution in [0.3, 0.4) is 0 Å². The average molecular weight is 343 g/mol. The lowest BCUT2D eigenvalue weighted by atomic mass is 10.1. The summed E-state index contributed by atoms with van der Waals surface area (Å²) >= 11 is 6.19. The minimum atomic E-state index is -0.978. The zero-order chi connectivity index (χ0) is 17.1. The first-order valence-electron chi connectivity index (χ1n) is 7.34. The molecule has 0 aliphatic heterocycles. The number of hydrogen-bond donors (Lipinski definition) is 2. The molecular weight excluding hydrogens is 328 g/mol. The number of phenolic OH excluding ortho intramolecular Hbond substituents is 1. The Labute approximate surface area is 143 Å². The Morgan fingerprint density at radius 3 is 2.54 bits per heavy atom. The fourth-order valence-corrected chi connectivity index (χ4v) is 2.82. The molecule has 0 spiro atoms. The quantitative estimate of drug-likeness (QED) is 0.743. The van der Waals surface area contributed by atoms with Crippen molar-refractivity contribution >= 4 is 17.6 Å². The van der Waals surface area contributed by atoms with Gasteiger partial charge in [0.1, 0.15) is 11.6 Å². The second kappa shape index (κ2) is 6.76. The van der Waals surface area contributed by atoms with Gasteiger partial charge in [-0.2, -0.15) is 0 Å². The van der Waals surface area contributed by atoms with Gasteiger partial charge in [-0.15, -0.1) is 0 Å². The van der Waals surface area contributed by atoms with Gasteiger partial charge >= 0.3 is 5.97 Å². The summed E-state index contributed by atoms with van der Waals surface area (Å²) < 4.78 is 1.78. The van der Waals surface area contributed by atoms with E-state index in [0.29, 0.717) is 23.6 Å². The SMILES string of the molecule is O=C(O)Cc1c(Cl)nc(-c2cccc(O)c2)n1Cc1ccccc1. The second-order valence-corrected chi connectivity index (χ2v) is 5.72. The van der Waals surface area contributed by atoms with Gasteiger partial charge in [-0.05, 0) is 17.7 Å². The number of benzene rings is 2. The molecule has 3 rings (SSSR count). The van der Waals surface area contributed by atoms with E-state index in [2.05, 4.69) is 4.98 Å². The second-order valence-electron chi connectivity index (χ2n) is 5.37. The summed E-state index contributed by atoms with van der Waals surface area (Å²) in [6.07, 6.45) is -0.225. The number of aromatic hydroxyl groups is 1. The van der Waals surface area contributed by atoms with Crippen molar-refractivity contribution in [3.8, 4) is 17.1 Å². The number of phenols is 1. The lowest BCUT2D eigenvalue weighted by Crippen LogP contribution is -2.10. The van der Waals surface area contributed by atoms with Crippen LogP contribution in [0.2, 0.25) is 5.15 Å². The molecule has 2 aromatic carbocycles. The van der Waals surface area contributed by atoms with E-state index >= 15 is 0 Å². The van der Waals surface area contributed by atoms with Crippen LogP contribution in [-0.2, 0) is 17.8 Å². The molecule has 0 saturated heterocycles. The monoisotopic (exact) mass is 342 g/mol. The molecule has 0 aliphatic carbocycles. The van der Waals surface area contributed by atoms with Gasteiger partial charge < -0.3 is 14.8 Å². The molecular formula is C18H15ClN2O3. The highest BCUT2D eigenvalue weighted by Gasteiger charge is 2.19. The minimum absolute atomic E-state index is 0.109. The molecule has 0 atom stereocenters. The topological polar surface area (TPSA) is 75.3 Å². The van der Waals surface area contributed by atoms with Crippen LogP contribution in [0.15, 0.2) is 54.6 Å². The maximum Gasteiger partial charge on any atom is 0.309 e. The highest BCUT2D eigenvalue weighted by atomic mass is 35.5. The highest BCUT2D eigenvalue weighted by Crippen LogP contribution is 2.29. The van der Waals surface area contributed by atoms with Crippen LogP contribution in [-0.4, -0.2) is 25.7 Å². The molecule has 122 valence electrons. The largest absolute Gasteiger partial charge is 0.508 e. The molecule has 0 aliphatic rings. The minimum Gasteiger partial charge on any atom is -0.508 e. The smallest absolute Gasteiger partial charge is 0.309 e. The Morgan fingerprint density at radius 1 is 1.12 bits per heavy atom. The number of carboxylic acids is 1. The molecule has 1 aromatic heterocycles. The summed E-state index contributed by atoms with van der Waals surface area (Å²) in [5, 5.41) is 19.0. The van der Waals surface area contributed by atoms with E-state index in [4.69, 9.17) is 16.7 Å². The van der Waals surface area contributed by atoms with Crippen molar-refractivity contribution in [2.45, 2.75) is 13.0 Å². The van der Waals surface area contributed by atoms with Crippen LogP contribution in [0, 0.1) is 0 Å². The Bertz CT molecular complexity index is 875. The first kappa shape index (κ1) is 16.1. The van der Waals surface area contributed by atoms with Crippen LogP contribution in [0.5, 0.6) is 5.75 Å². The van der Waals surface area contributed by atoms with Crippen molar-refractivity contribution in [2.75, 3.05) is 0 Å². The predicted molar refractivity (Wildman–Crippen MR) is 91.2 cm³/mol. The van der Waals surface area contributed by atoms with E-state index in [0.717, 1.165) is 5.56 Å². The number of nitrogens with zero attached hydrogens (tertiary/aromatic N) is 2. The van der Waals surface area contributed by atoms with Crippen molar-refractivity contribution in [1.82, 2.24) is 9.55 Å². The zero-order valence-corrected chi connectivity index (χ0v) is 13.4. The summed E-state index contributed by atoms with van der Waals surface area (Å²) in [5.41, 5.74) is 2.11. The lowest BCUT2D eigenvalue weighted by molar-refractivity contribution is -0.136. The van der Waals surface area contributed by atoms with Gasteiger partial charge in [0.2, 0.25) is 0 Å². The van der Waals surface area contributed by atoms with Gasteiger partial charge in [0.05, 0.1) is 12.1 Å².